The van der Waals surface area contributed by atoms with Crippen molar-refractivity contribution in [1.82, 2.24) is 10.2 Å². The number of phenols is 1. The summed E-state index contributed by atoms with van der Waals surface area (Å²) in [5, 5.41) is 17.0. The number of hydrogen-bond donors (Lipinski definition) is 3. The number of H-pyrrole nitrogens is 1. The highest BCUT2D eigenvalue weighted by Gasteiger charge is 2.19. The van der Waals surface area contributed by atoms with Crippen molar-refractivity contribution >= 4 is 21.7 Å². The molecule has 0 spiro atoms. The first-order chi connectivity index (χ1) is 8.43. The van der Waals surface area contributed by atoms with Crippen LogP contribution in [-0.2, 0) is 0 Å². The Morgan fingerprint density at radius 2 is 2.11 bits per heavy atom. The van der Waals surface area contributed by atoms with E-state index in [0.717, 1.165) is 26.7 Å². The average Bonchev–Trinajstić information content (AvgIpc) is 2.70. The summed E-state index contributed by atoms with van der Waals surface area (Å²) in [5.74, 6) is 0.966. The molecule has 0 radical (unpaired) electrons. The number of nitrogens with two attached hydrogens (primary N) is 1. The molecule has 0 atom stereocenters. The minimum Gasteiger partial charge on any atom is -0.507 e. The molecular weight excluding hydrogens is 294 g/mol. The van der Waals surface area contributed by atoms with E-state index < -0.39 is 0 Å². The maximum Gasteiger partial charge on any atom is 0.127 e. The van der Waals surface area contributed by atoms with Crippen LogP contribution in [0, 0.1) is 6.92 Å². The molecule has 5 heteroatoms. The molecule has 18 heavy (non-hydrogen) atoms. The minimum atomic E-state index is 0.230. The number of anilines is 1. The van der Waals surface area contributed by atoms with Crippen LogP contribution in [0.15, 0.2) is 16.7 Å². The van der Waals surface area contributed by atoms with Gasteiger partial charge in [0.15, 0.2) is 0 Å². The lowest BCUT2D eigenvalue weighted by Crippen LogP contribution is -1.96. The van der Waals surface area contributed by atoms with Gasteiger partial charge in [-0.3, -0.25) is 5.10 Å². The van der Waals surface area contributed by atoms with Gasteiger partial charge in [-0.25, -0.2) is 0 Å². The van der Waals surface area contributed by atoms with Crippen LogP contribution in [0.4, 0.5) is 5.82 Å². The highest BCUT2D eigenvalue weighted by molar-refractivity contribution is 9.10. The summed E-state index contributed by atoms with van der Waals surface area (Å²) in [6.45, 7) is 6.02. The van der Waals surface area contributed by atoms with Crippen molar-refractivity contribution in [2.75, 3.05) is 5.73 Å². The van der Waals surface area contributed by atoms with Crippen LogP contribution in [0.5, 0.6) is 5.75 Å². The van der Waals surface area contributed by atoms with Gasteiger partial charge in [0, 0.05) is 15.6 Å². The average molecular weight is 310 g/mol. The Hall–Kier alpha value is -1.49. The number of rotatable bonds is 2. The number of benzene rings is 1. The predicted octanol–water partition coefficient (Wildman–Crippen LogP) is 3.56. The molecule has 0 aliphatic heterocycles. The quantitative estimate of drug-likeness (QED) is 0.794. The molecule has 1 aromatic heterocycles. The molecule has 0 aliphatic carbocycles. The van der Waals surface area contributed by atoms with E-state index in [2.05, 4.69) is 26.1 Å². The van der Waals surface area contributed by atoms with Gasteiger partial charge in [0.05, 0.1) is 6.20 Å². The fraction of sp³-hybridized carbons (Fsp3) is 0.308. The van der Waals surface area contributed by atoms with E-state index in [1.807, 2.05) is 26.8 Å². The summed E-state index contributed by atoms with van der Waals surface area (Å²) in [5.41, 5.74) is 9.15. The van der Waals surface area contributed by atoms with Crippen molar-refractivity contribution in [3.63, 3.8) is 0 Å². The molecule has 0 bridgehead atoms. The molecule has 96 valence electrons. The summed E-state index contributed by atoms with van der Waals surface area (Å²) in [6.07, 6.45) is 1.63. The lowest BCUT2D eigenvalue weighted by Gasteiger charge is -2.16. The second-order valence-electron chi connectivity index (χ2n) is 4.65. The first-order valence-electron chi connectivity index (χ1n) is 5.74. The Morgan fingerprint density at radius 1 is 1.44 bits per heavy atom. The molecule has 1 heterocycles. The van der Waals surface area contributed by atoms with Crippen molar-refractivity contribution in [2.45, 2.75) is 26.7 Å². The molecule has 0 unspecified atom stereocenters. The normalized spacial score (nSPS) is 11.2. The van der Waals surface area contributed by atoms with Crippen LogP contribution in [0.3, 0.4) is 0 Å². The molecule has 0 aliphatic rings. The standard InChI is InChI=1S/C13H16BrN3O/c1-6(2)8-4-10(14)7(3)11(12(8)18)9-5-16-17-13(9)15/h4-6,18H,1-3H3,(H3,15,16,17). The van der Waals surface area contributed by atoms with E-state index in [1.165, 1.54) is 0 Å². The number of nitrogens with zero attached hydrogens (tertiary/aromatic N) is 1. The number of aromatic nitrogens is 2. The summed E-state index contributed by atoms with van der Waals surface area (Å²) >= 11 is 3.53. The Bertz CT molecular complexity index is 590. The molecular formula is C13H16BrN3O. The van der Waals surface area contributed by atoms with Gasteiger partial charge in [0.2, 0.25) is 0 Å². The van der Waals surface area contributed by atoms with Gasteiger partial charge in [-0.2, -0.15) is 5.10 Å². The Labute approximate surface area is 114 Å². The van der Waals surface area contributed by atoms with Crippen molar-refractivity contribution in [2.24, 2.45) is 0 Å². The molecule has 4 nitrogen and oxygen atoms in total. The summed E-state index contributed by atoms with van der Waals surface area (Å²) in [7, 11) is 0. The van der Waals surface area contributed by atoms with E-state index in [4.69, 9.17) is 5.73 Å². The molecule has 2 rings (SSSR count). The van der Waals surface area contributed by atoms with Crippen LogP contribution in [0.2, 0.25) is 0 Å². The van der Waals surface area contributed by atoms with Gasteiger partial charge >= 0.3 is 0 Å². The van der Waals surface area contributed by atoms with Crippen LogP contribution >= 0.6 is 15.9 Å². The monoisotopic (exact) mass is 309 g/mol. The number of hydrogen-bond acceptors (Lipinski definition) is 3. The van der Waals surface area contributed by atoms with Crippen molar-refractivity contribution in [1.29, 1.82) is 0 Å². The highest BCUT2D eigenvalue weighted by atomic mass is 79.9. The summed E-state index contributed by atoms with van der Waals surface area (Å²) < 4.78 is 0.958. The van der Waals surface area contributed by atoms with E-state index in [0.29, 0.717) is 5.82 Å². The Balaban J connectivity index is 2.78. The predicted molar refractivity (Wildman–Crippen MR) is 76.6 cm³/mol. The second kappa shape index (κ2) is 4.65. The molecule has 2 aromatic rings. The van der Waals surface area contributed by atoms with Gasteiger partial charge in [0.25, 0.3) is 0 Å². The minimum absolute atomic E-state index is 0.230. The smallest absolute Gasteiger partial charge is 0.127 e. The number of nitrogens with one attached hydrogen (secondary N) is 1. The zero-order valence-corrected chi connectivity index (χ0v) is 12.2. The lowest BCUT2D eigenvalue weighted by atomic mass is 9.93. The summed E-state index contributed by atoms with van der Waals surface area (Å²) in [6, 6.07) is 1.95. The van der Waals surface area contributed by atoms with Gasteiger partial charge in [-0.1, -0.05) is 29.8 Å². The third-order valence-electron chi connectivity index (χ3n) is 3.09. The van der Waals surface area contributed by atoms with Gasteiger partial charge in [-0.15, -0.1) is 0 Å². The fourth-order valence-corrected chi connectivity index (χ4v) is 2.46. The maximum atomic E-state index is 10.4. The van der Waals surface area contributed by atoms with Crippen LogP contribution in [0.1, 0.15) is 30.9 Å². The van der Waals surface area contributed by atoms with Crippen LogP contribution < -0.4 is 5.73 Å². The number of nitrogen functional groups attached to an aromatic ring is 1. The number of halogens is 1. The zero-order valence-electron chi connectivity index (χ0n) is 10.6. The molecule has 0 saturated heterocycles. The third kappa shape index (κ3) is 1.99. The molecule has 4 N–H and O–H groups in total. The van der Waals surface area contributed by atoms with E-state index in [9.17, 15) is 5.11 Å². The molecule has 0 saturated carbocycles. The highest BCUT2D eigenvalue weighted by Crippen LogP contribution is 2.43. The molecule has 1 aromatic carbocycles. The second-order valence-corrected chi connectivity index (χ2v) is 5.50. The first-order valence-corrected chi connectivity index (χ1v) is 6.54. The van der Waals surface area contributed by atoms with E-state index >= 15 is 0 Å². The topological polar surface area (TPSA) is 74.9 Å². The number of aromatic hydroxyl groups is 1. The molecule has 0 fully saturated rings. The van der Waals surface area contributed by atoms with E-state index in [-0.39, 0.29) is 11.7 Å². The van der Waals surface area contributed by atoms with Gasteiger partial charge in [-0.05, 0) is 30.0 Å². The Morgan fingerprint density at radius 3 is 2.61 bits per heavy atom. The van der Waals surface area contributed by atoms with Gasteiger partial charge in [0.1, 0.15) is 11.6 Å². The summed E-state index contributed by atoms with van der Waals surface area (Å²) in [4.78, 5) is 0. The lowest BCUT2D eigenvalue weighted by molar-refractivity contribution is 0.466. The van der Waals surface area contributed by atoms with Crippen molar-refractivity contribution in [3.05, 3.63) is 27.9 Å². The fourth-order valence-electron chi connectivity index (χ4n) is 2.02. The van der Waals surface area contributed by atoms with Crippen molar-refractivity contribution < 1.29 is 5.11 Å². The Kier molecular flexibility index (Phi) is 3.34. The number of aromatic amines is 1. The third-order valence-corrected chi connectivity index (χ3v) is 3.91. The van der Waals surface area contributed by atoms with Crippen LogP contribution in [-0.4, -0.2) is 15.3 Å². The van der Waals surface area contributed by atoms with Crippen molar-refractivity contribution in [3.8, 4) is 16.9 Å². The van der Waals surface area contributed by atoms with E-state index in [1.54, 1.807) is 6.20 Å². The zero-order chi connectivity index (χ0) is 13.4. The first kappa shape index (κ1) is 13.0. The SMILES string of the molecule is Cc1c(Br)cc(C(C)C)c(O)c1-c1cn[nH]c1N. The largest absolute Gasteiger partial charge is 0.507 e. The van der Waals surface area contributed by atoms with Gasteiger partial charge < -0.3 is 10.8 Å². The molecule has 0 amide bonds. The maximum absolute atomic E-state index is 10.4. The number of phenolic OH excluding ortho intramolecular Hbond substituents is 1. The van der Waals surface area contributed by atoms with Crippen LogP contribution in [0.25, 0.3) is 11.1 Å².